The minimum absolute atomic E-state index is 0. The molecule has 16 heavy (non-hydrogen) atoms. The van der Waals surface area contributed by atoms with Gasteiger partial charge in [-0.25, -0.2) is 0 Å². The molecule has 0 spiro atoms. The van der Waals surface area contributed by atoms with E-state index in [0.717, 1.165) is 30.5 Å². The first-order valence-corrected chi connectivity index (χ1v) is 6.91. The van der Waals surface area contributed by atoms with Gasteiger partial charge < -0.3 is 5.61 Å². The van der Waals surface area contributed by atoms with Crippen LogP contribution >= 0.6 is 0 Å². The second kappa shape index (κ2) is 5.48. The molecule has 0 saturated carbocycles. The van der Waals surface area contributed by atoms with Gasteiger partial charge in [-0.2, -0.15) is 16.8 Å². The molecule has 9 heteroatoms. The Hall–Kier alpha value is -0.120. The zero-order valence-corrected chi connectivity index (χ0v) is 12.2. The third kappa shape index (κ3) is 5.28. The molecule has 6 nitrogen and oxygen atoms in total. The van der Waals surface area contributed by atoms with Gasteiger partial charge in [0, 0.05) is 0 Å². The van der Waals surface area contributed by atoms with E-state index >= 15 is 0 Å². The molecule has 0 atom stereocenters. The van der Waals surface area contributed by atoms with Crippen molar-refractivity contribution in [1.29, 1.82) is 0 Å². The van der Waals surface area contributed by atoms with Crippen molar-refractivity contribution in [2.75, 3.05) is 6.26 Å². The fourth-order valence-corrected chi connectivity index (χ4v) is 1.78. The van der Waals surface area contributed by atoms with Crippen LogP contribution in [0, 0.1) is 0 Å². The molecule has 0 heterocycles. The molecular formula is C7H9NaO6S2. The van der Waals surface area contributed by atoms with Crippen LogP contribution in [-0.4, -0.2) is 27.6 Å². The predicted octanol–water partition coefficient (Wildman–Crippen LogP) is -2.61. The Bertz CT molecular complexity index is 551. The van der Waals surface area contributed by atoms with Gasteiger partial charge in [0.1, 0.15) is 5.75 Å². The van der Waals surface area contributed by atoms with E-state index < -0.39 is 20.2 Å². The van der Waals surface area contributed by atoms with Crippen molar-refractivity contribution in [3.8, 4) is 5.75 Å². The molecular weight excluding hydrogens is 267 g/mol. The number of hydrogen-bond acceptors (Lipinski definition) is 5. The minimum Gasteiger partial charge on any atom is -1.00 e. The first-order valence-electron chi connectivity index (χ1n) is 3.65. The zero-order chi connectivity index (χ0) is 11.7. The van der Waals surface area contributed by atoms with Crippen LogP contribution in [0.15, 0.2) is 29.2 Å². The summed E-state index contributed by atoms with van der Waals surface area (Å²) in [4.78, 5) is -0.330. The third-order valence-corrected chi connectivity index (χ3v) is 2.73. The van der Waals surface area contributed by atoms with E-state index in [2.05, 4.69) is 4.18 Å². The topological polar surface area (TPSA) is 97.7 Å². The van der Waals surface area contributed by atoms with Crippen molar-refractivity contribution in [2.45, 2.75) is 4.90 Å². The fourth-order valence-electron chi connectivity index (χ4n) is 0.842. The summed E-state index contributed by atoms with van der Waals surface area (Å²) < 4.78 is 55.7. The molecule has 1 aromatic carbocycles. The van der Waals surface area contributed by atoms with Crippen LogP contribution < -0.4 is 33.7 Å². The van der Waals surface area contributed by atoms with Crippen LogP contribution in [0.4, 0.5) is 0 Å². The number of hydrogen-bond donors (Lipinski definition) is 1. The number of benzene rings is 1. The summed E-state index contributed by atoms with van der Waals surface area (Å²) in [5.41, 5.74) is 0. The fraction of sp³-hybridized carbons (Fsp3) is 0.143. The maximum Gasteiger partial charge on any atom is 1.00 e. The summed E-state index contributed by atoms with van der Waals surface area (Å²) in [6, 6.07) is 4.33. The Kier molecular flexibility index (Phi) is 5.44. The van der Waals surface area contributed by atoms with Gasteiger partial charge in [0.15, 0.2) is 0 Å². The molecule has 86 valence electrons. The van der Waals surface area contributed by atoms with Gasteiger partial charge in [-0.3, -0.25) is 4.55 Å². The first kappa shape index (κ1) is 15.9. The Morgan fingerprint density at radius 3 is 1.88 bits per heavy atom. The molecule has 0 saturated heterocycles. The normalized spacial score (nSPS) is 11.6. The summed E-state index contributed by atoms with van der Waals surface area (Å²) in [5, 5.41) is 0. The van der Waals surface area contributed by atoms with Crippen molar-refractivity contribution < 1.29 is 56.6 Å². The third-order valence-electron chi connectivity index (χ3n) is 1.37. The molecule has 1 aromatic rings. The van der Waals surface area contributed by atoms with Crippen molar-refractivity contribution >= 4 is 20.2 Å². The Balaban J connectivity index is 0. The molecule has 0 aliphatic carbocycles. The minimum atomic E-state index is -4.27. The van der Waals surface area contributed by atoms with E-state index in [1.807, 2.05) is 0 Å². The molecule has 1 rings (SSSR count). The van der Waals surface area contributed by atoms with Gasteiger partial charge in [-0.15, -0.1) is 0 Å². The average molecular weight is 276 g/mol. The molecule has 0 aliphatic heterocycles. The molecule has 0 radical (unpaired) electrons. The van der Waals surface area contributed by atoms with E-state index in [4.69, 9.17) is 4.55 Å². The van der Waals surface area contributed by atoms with Crippen LogP contribution in [0.25, 0.3) is 0 Å². The van der Waals surface area contributed by atoms with E-state index in [9.17, 15) is 16.8 Å². The molecule has 0 unspecified atom stereocenters. The van der Waals surface area contributed by atoms with Crippen molar-refractivity contribution in [2.24, 2.45) is 0 Å². The quantitative estimate of drug-likeness (QED) is 0.369. The van der Waals surface area contributed by atoms with Gasteiger partial charge in [-0.05, 0) is 24.3 Å². The first-order chi connectivity index (χ1) is 6.68. The maximum absolute atomic E-state index is 10.7. The molecule has 0 aromatic heterocycles. The summed E-state index contributed by atoms with van der Waals surface area (Å²) in [7, 11) is -7.91. The van der Waals surface area contributed by atoms with Gasteiger partial charge >= 0.3 is 39.7 Å². The Morgan fingerprint density at radius 2 is 1.56 bits per heavy atom. The summed E-state index contributed by atoms with van der Waals surface area (Å²) in [6.45, 7) is 0. The van der Waals surface area contributed by atoms with E-state index in [0.29, 0.717) is 0 Å². The maximum atomic E-state index is 10.7. The van der Waals surface area contributed by atoms with Crippen molar-refractivity contribution in [3.63, 3.8) is 0 Å². The van der Waals surface area contributed by atoms with E-state index in [-0.39, 0.29) is 41.6 Å². The summed E-state index contributed by atoms with van der Waals surface area (Å²) in [6.07, 6.45) is 0.865. The second-order valence-corrected chi connectivity index (χ2v) is 5.73. The van der Waals surface area contributed by atoms with Gasteiger partial charge in [-0.1, -0.05) is 0 Å². The van der Waals surface area contributed by atoms with Crippen LogP contribution in [-0.2, 0) is 20.2 Å². The monoisotopic (exact) mass is 276 g/mol. The van der Waals surface area contributed by atoms with E-state index in [1.165, 1.54) is 0 Å². The van der Waals surface area contributed by atoms with Crippen LogP contribution in [0.2, 0.25) is 0 Å². The molecule has 0 amide bonds. The van der Waals surface area contributed by atoms with Gasteiger partial charge in [0.05, 0.1) is 11.2 Å². The SMILES string of the molecule is CS(=O)(=O)Oc1ccc(S(=O)(=O)O)cc1.[H-].[Na+]. The summed E-state index contributed by atoms with van der Waals surface area (Å²) >= 11 is 0. The molecule has 0 aliphatic rings. The number of rotatable bonds is 3. The van der Waals surface area contributed by atoms with Crippen molar-refractivity contribution in [3.05, 3.63) is 24.3 Å². The largest absolute Gasteiger partial charge is 1.00 e. The van der Waals surface area contributed by atoms with Gasteiger partial charge in [0.25, 0.3) is 10.1 Å². The molecule has 0 fully saturated rings. The van der Waals surface area contributed by atoms with E-state index in [1.54, 1.807) is 0 Å². The Morgan fingerprint density at radius 1 is 1.12 bits per heavy atom. The second-order valence-electron chi connectivity index (χ2n) is 2.73. The van der Waals surface area contributed by atoms with Gasteiger partial charge in [0.2, 0.25) is 0 Å². The predicted molar refractivity (Wildman–Crippen MR) is 52.8 cm³/mol. The summed E-state index contributed by atoms with van der Waals surface area (Å²) in [5.74, 6) is -0.0232. The molecule has 0 bridgehead atoms. The Labute approximate surface area is 117 Å². The average Bonchev–Trinajstić information content (AvgIpc) is 2.00. The van der Waals surface area contributed by atoms with Crippen LogP contribution in [0.5, 0.6) is 5.75 Å². The smallest absolute Gasteiger partial charge is 1.00 e. The van der Waals surface area contributed by atoms with Crippen molar-refractivity contribution in [1.82, 2.24) is 0 Å². The van der Waals surface area contributed by atoms with Crippen LogP contribution in [0.1, 0.15) is 1.43 Å². The zero-order valence-electron chi connectivity index (χ0n) is 9.61. The van der Waals surface area contributed by atoms with Crippen LogP contribution in [0.3, 0.4) is 0 Å². The molecule has 1 N–H and O–H groups in total. The standard InChI is InChI=1S/C7H8O6S2.Na.H/c1-14(8,9)13-6-2-4-7(5-3-6)15(10,11)12;;/h2-5H,1H3,(H,10,11,12);;/q;+1;-1.